The minimum absolute atomic E-state index is 0.0400. The highest BCUT2D eigenvalue weighted by molar-refractivity contribution is 5.40. The van der Waals surface area contributed by atoms with E-state index in [9.17, 15) is 5.11 Å². The molecule has 16 heavy (non-hydrogen) atoms. The van der Waals surface area contributed by atoms with Gasteiger partial charge in [0.15, 0.2) is 0 Å². The summed E-state index contributed by atoms with van der Waals surface area (Å²) in [5.41, 5.74) is 7.42. The summed E-state index contributed by atoms with van der Waals surface area (Å²) in [4.78, 5) is 0. The van der Waals surface area contributed by atoms with Crippen LogP contribution in [0, 0.1) is 5.92 Å². The van der Waals surface area contributed by atoms with E-state index in [1.807, 2.05) is 24.3 Å². The van der Waals surface area contributed by atoms with Gasteiger partial charge in [-0.25, -0.2) is 0 Å². The van der Waals surface area contributed by atoms with Crippen LogP contribution in [-0.4, -0.2) is 18.3 Å². The van der Waals surface area contributed by atoms with Gasteiger partial charge in [-0.15, -0.1) is 0 Å². The SMILES string of the molecule is NC1CC(O)(C2CCOC2)c2ccccc21. The van der Waals surface area contributed by atoms with Crippen LogP contribution < -0.4 is 5.73 Å². The molecule has 0 saturated carbocycles. The average Bonchev–Trinajstić information content (AvgIpc) is 2.89. The minimum Gasteiger partial charge on any atom is -0.385 e. The maximum Gasteiger partial charge on any atom is 0.0968 e. The van der Waals surface area contributed by atoms with Crippen molar-refractivity contribution in [2.75, 3.05) is 13.2 Å². The smallest absolute Gasteiger partial charge is 0.0968 e. The highest BCUT2D eigenvalue weighted by Gasteiger charge is 2.47. The van der Waals surface area contributed by atoms with Gasteiger partial charge >= 0.3 is 0 Å². The maximum absolute atomic E-state index is 10.9. The number of hydrogen-bond acceptors (Lipinski definition) is 3. The van der Waals surface area contributed by atoms with Gasteiger partial charge in [0.05, 0.1) is 12.2 Å². The van der Waals surface area contributed by atoms with Gasteiger partial charge in [0.2, 0.25) is 0 Å². The van der Waals surface area contributed by atoms with Crippen molar-refractivity contribution < 1.29 is 9.84 Å². The molecule has 3 unspecified atom stereocenters. The summed E-state index contributed by atoms with van der Waals surface area (Å²) in [7, 11) is 0. The zero-order chi connectivity index (χ0) is 11.2. The van der Waals surface area contributed by atoms with Gasteiger partial charge in [0.1, 0.15) is 0 Å². The fraction of sp³-hybridized carbons (Fsp3) is 0.538. The molecule has 1 aliphatic carbocycles. The first-order valence-electron chi connectivity index (χ1n) is 5.87. The van der Waals surface area contributed by atoms with Crippen molar-refractivity contribution in [3.05, 3.63) is 35.4 Å². The van der Waals surface area contributed by atoms with Crippen molar-refractivity contribution in [1.82, 2.24) is 0 Å². The molecular formula is C13H17NO2. The van der Waals surface area contributed by atoms with E-state index in [-0.39, 0.29) is 12.0 Å². The normalized spacial score (nSPS) is 37.6. The van der Waals surface area contributed by atoms with Gasteiger partial charge in [-0.05, 0) is 24.0 Å². The molecule has 3 nitrogen and oxygen atoms in total. The first-order valence-corrected chi connectivity index (χ1v) is 5.87. The number of rotatable bonds is 1. The fourth-order valence-electron chi connectivity index (χ4n) is 3.07. The lowest BCUT2D eigenvalue weighted by Gasteiger charge is -2.30. The van der Waals surface area contributed by atoms with E-state index < -0.39 is 5.60 Å². The second-order valence-corrected chi connectivity index (χ2v) is 4.88. The van der Waals surface area contributed by atoms with Gasteiger partial charge in [0.25, 0.3) is 0 Å². The Hall–Kier alpha value is -0.900. The van der Waals surface area contributed by atoms with Crippen molar-refractivity contribution in [3.63, 3.8) is 0 Å². The number of benzene rings is 1. The molecule has 3 rings (SSSR count). The highest BCUT2D eigenvalue weighted by atomic mass is 16.5. The van der Waals surface area contributed by atoms with Crippen LogP contribution in [-0.2, 0) is 10.3 Å². The molecular weight excluding hydrogens is 202 g/mol. The van der Waals surface area contributed by atoms with Crippen molar-refractivity contribution in [1.29, 1.82) is 0 Å². The predicted molar refractivity (Wildman–Crippen MR) is 60.8 cm³/mol. The standard InChI is InChI=1S/C13H17NO2/c14-12-7-13(15,9-5-6-16-8-9)11-4-2-1-3-10(11)12/h1-4,9,12,15H,5-8,14H2. The van der Waals surface area contributed by atoms with Crippen molar-refractivity contribution in [2.24, 2.45) is 11.7 Å². The molecule has 1 saturated heterocycles. The van der Waals surface area contributed by atoms with E-state index in [0.29, 0.717) is 13.0 Å². The molecule has 1 aliphatic heterocycles. The Bertz CT molecular complexity index is 401. The summed E-state index contributed by atoms with van der Waals surface area (Å²) >= 11 is 0. The third-order valence-corrected chi connectivity index (χ3v) is 3.96. The zero-order valence-electron chi connectivity index (χ0n) is 9.23. The molecule has 3 N–H and O–H groups in total. The fourth-order valence-corrected chi connectivity index (χ4v) is 3.07. The number of ether oxygens (including phenoxy) is 1. The topological polar surface area (TPSA) is 55.5 Å². The first-order chi connectivity index (χ1) is 7.72. The van der Waals surface area contributed by atoms with Crippen molar-refractivity contribution in [2.45, 2.75) is 24.5 Å². The molecule has 0 aromatic heterocycles. The largest absolute Gasteiger partial charge is 0.385 e. The lowest BCUT2D eigenvalue weighted by Crippen LogP contribution is -2.33. The summed E-state index contributed by atoms with van der Waals surface area (Å²) in [5, 5.41) is 10.9. The molecule has 0 bridgehead atoms. The third-order valence-electron chi connectivity index (χ3n) is 3.96. The van der Waals surface area contributed by atoms with E-state index in [2.05, 4.69) is 0 Å². The highest BCUT2D eigenvalue weighted by Crippen LogP contribution is 2.48. The molecule has 3 heteroatoms. The van der Waals surface area contributed by atoms with Crippen LogP contribution in [0.5, 0.6) is 0 Å². The lowest BCUT2D eigenvalue weighted by molar-refractivity contribution is -0.0290. The van der Waals surface area contributed by atoms with Crippen LogP contribution in [0.3, 0.4) is 0 Å². The summed E-state index contributed by atoms with van der Waals surface area (Å²) in [6.45, 7) is 1.40. The Labute approximate surface area is 95.2 Å². The van der Waals surface area contributed by atoms with E-state index in [0.717, 1.165) is 24.2 Å². The minimum atomic E-state index is -0.771. The third kappa shape index (κ3) is 1.32. The van der Waals surface area contributed by atoms with Gasteiger partial charge in [-0.3, -0.25) is 0 Å². The zero-order valence-corrected chi connectivity index (χ0v) is 9.23. The van der Waals surface area contributed by atoms with Crippen molar-refractivity contribution in [3.8, 4) is 0 Å². The van der Waals surface area contributed by atoms with E-state index in [4.69, 9.17) is 10.5 Å². The summed E-state index contributed by atoms with van der Waals surface area (Å²) < 4.78 is 5.38. The molecule has 3 atom stereocenters. The number of fused-ring (bicyclic) bond motifs is 1. The second-order valence-electron chi connectivity index (χ2n) is 4.88. The molecule has 0 spiro atoms. The van der Waals surface area contributed by atoms with Crippen LogP contribution in [0.4, 0.5) is 0 Å². The van der Waals surface area contributed by atoms with Crippen molar-refractivity contribution >= 4 is 0 Å². The molecule has 1 aromatic carbocycles. The van der Waals surface area contributed by atoms with E-state index in [1.165, 1.54) is 0 Å². The van der Waals surface area contributed by atoms with Gasteiger partial charge in [-0.1, -0.05) is 24.3 Å². The Morgan fingerprint density at radius 2 is 2.19 bits per heavy atom. The van der Waals surface area contributed by atoms with E-state index >= 15 is 0 Å². The predicted octanol–water partition coefficient (Wildman–Crippen LogP) is 1.31. The Balaban J connectivity index is 2.04. The van der Waals surface area contributed by atoms with Crippen LogP contribution in [0.15, 0.2) is 24.3 Å². The Kier molecular flexibility index (Phi) is 2.28. The van der Waals surface area contributed by atoms with Crippen LogP contribution in [0.1, 0.15) is 30.0 Å². The first kappa shape index (κ1) is 10.3. The Morgan fingerprint density at radius 3 is 2.94 bits per heavy atom. The van der Waals surface area contributed by atoms with Crippen LogP contribution in [0.25, 0.3) is 0 Å². The lowest BCUT2D eigenvalue weighted by atomic mass is 9.82. The quantitative estimate of drug-likeness (QED) is 0.749. The number of nitrogens with two attached hydrogens (primary N) is 1. The molecule has 0 amide bonds. The summed E-state index contributed by atoms with van der Waals surface area (Å²) in [6, 6.07) is 7.93. The molecule has 1 aromatic rings. The number of hydrogen-bond donors (Lipinski definition) is 2. The second kappa shape index (κ2) is 3.55. The van der Waals surface area contributed by atoms with Crippen LogP contribution >= 0.6 is 0 Å². The van der Waals surface area contributed by atoms with E-state index in [1.54, 1.807) is 0 Å². The van der Waals surface area contributed by atoms with Gasteiger partial charge in [-0.2, -0.15) is 0 Å². The molecule has 1 fully saturated rings. The monoisotopic (exact) mass is 219 g/mol. The number of aliphatic hydroxyl groups is 1. The summed E-state index contributed by atoms with van der Waals surface area (Å²) in [5.74, 6) is 0.196. The average molecular weight is 219 g/mol. The van der Waals surface area contributed by atoms with Gasteiger partial charge < -0.3 is 15.6 Å². The molecule has 0 radical (unpaired) electrons. The Morgan fingerprint density at radius 1 is 1.38 bits per heavy atom. The summed E-state index contributed by atoms with van der Waals surface area (Å²) in [6.07, 6.45) is 1.55. The van der Waals surface area contributed by atoms with Gasteiger partial charge in [0, 0.05) is 18.6 Å². The molecule has 2 aliphatic rings. The molecule has 86 valence electrons. The molecule has 1 heterocycles. The maximum atomic E-state index is 10.9. The van der Waals surface area contributed by atoms with Crippen LogP contribution in [0.2, 0.25) is 0 Å².